The van der Waals surface area contributed by atoms with Crippen LogP contribution in [-0.4, -0.2) is 31.4 Å². The van der Waals surface area contributed by atoms with E-state index in [1.807, 2.05) is 0 Å². The van der Waals surface area contributed by atoms with Crippen LogP contribution in [0.3, 0.4) is 0 Å². The summed E-state index contributed by atoms with van der Waals surface area (Å²) in [7, 11) is -2.04. The van der Waals surface area contributed by atoms with Crippen molar-refractivity contribution in [1.29, 1.82) is 0 Å². The summed E-state index contributed by atoms with van der Waals surface area (Å²) in [4.78, 5) is 0.0823. The molecule has 0 unspecified atom stereocenters. The number of aromatic hydroxyl groups is 1. The van der Waals surface area contributed by atoms with Crippen molar-refractivity contribution in [3.8, 4) is 5.75 Å². The van der Waals surface area contributed by atoms with Gasteiger partial charge in [-0.3, -0.25) is 0 Å². The van der Waals surface area contributed by atoms with Crippen LogP contribution in [0, 0.1) is 0 Å². The van der Waals surface area contributed by atoms with Crippen LogP contribution in [0.2, 0.25) is 0 Å². The fourth-order valence-corrected chi connectivity index (χ4v) is 2.70. The minimum atomic E-state index is -3.55. The highest BCUT2D eigenvalue weighted by Gasteiger charge is 2.20. The van der Waals surface area contributed by atoms with E-state index in [2.05, 4.69) is 6.58 Å². The van der Waals surface area contributed by atoms with Gasteiger partial charge in [0.2, 0.25) is 10.0 Å². The van der Waals surface area contributed by atoms with E-state index in [0.717, 1.165) is 6.42 Å². The summed E-state index contributed by atoms with van der Waals surface area (Å²) in [5.41, 5.74) is 5.54. The zero-order valence-electron chi connectivity index (χ0n) is 10.3. The number of phenols is 1. The van der Waals surface area contributed by atoms with Gasteiger partial charge >= 0.3 is 0 Å². The molecule has 6 heteroatoms. The zero-order valence-corrected chi connectivity index (χ0v) is 11.2. The molecule has 0 saturated carbocycles. The Bertz CT molecular complexity index is 526. The third-order valence-corrected chi connectivity index (χ3v) is 4.44. The number of phenolic OH excluding ortho intramolecular Hbond substituents is 1. The van der Waals surface area contributed by atoms with Crippen molar-refractivity contribution in [1.82, 2.24) is 4.31 Å². The lowest BCUT2D eigenvalue weighted by atomic mass is 10.3. The number of hydrogen-bond acceptors (Lipinski definition) is 4. The zero-order chi connectivity index (χ0) is 13.8. The lowest BCUT2D eigenvalue weighted by molar-refractivity contribution is 0.462. The maximum Gasteiger partial charge on any atom is 0.242 e. The minimum Gasteiger partial charge on any atom is -0.506 e. The van der Waals surface area contributed by atoms with Crippen molar-refractivity contribution in [3.63, 3.8) is 0 Å². The van der Waals surface area contributed by atoms with E-state index in [-0.39, 0.29) is 16.3 Å². The topological polar surface area (TPSA) is 83.6 Å². The Hall–Kier alpha value is -1.53. The first-order chi connectivity index (χ1) is 8.39. The fourth-order valence-electron chi connectivity index (χ4n) is 1.45. The Morgan fingerprint density at radius 1 is 1.50 bits per heavy atom. The number of rotatable bonds is 6. The number of allylic oxidation sites excluding steroid dienone is 1. The van der Waals surface area contributed by atoms with Crippen molar-refractivity contribution in [3.05, 3.63) is 30.9 Å². The number of benzene rings is 1. The van der Waals surface area contributed by atoms with Crippen LogP contribution in [0.4, 0.5) is 5.69 Å². The fraction of sp³-hybridized carbons (Fsp3) is 0.333. The molecule has 0 fully saturated rings. The van der Waals surface area contributed by atoms with E-state index in [4.69, 9.17) is 5.73 Å². The van der Waals surface area contributed by atoms with E-state index >= 15 is 0 Å². The van der Waals surface area contributed by atoms with Crippen LogP contribution in [-0.2, 0) is 10.0 Å². The van der Waals surface area contributed by atoms with Crippen LogP contribution in [0.15, 0.2) is 35.7 Å². The highest BCUT2D eigenvalue weighted by atomic mass is 32.2. The predicted molar refractivity (Wildman–Crippen MR) is 71.8 cm³/mol. The van der Waals surface area contributed by atoms with Gasteiger partial charge in [-0.1, -0.05) is 6.08 Å². The lowest BCUT2D eigenvalue weighted by Crippen LogP contribution is -2.28. The molecule has 1 aromatic rings. The molecule has 1 rings (SSSR count). The summed E-state index contributed by atoms with van der Waals surface area (Å²) < 4.78 is 25.6. The van der Waals surface area contributed by atoms with Gasteiger partial charge in [-0.25, -0.2) is 12.7 Å². The Labute approximate surface area is 108 Å². The maximum absolute atomic E-state index is 12.2. The smallest absolute Gasteiger partial charge is 0.242 e. The number of nitrogen functional groups attached to an aromatic ring is 1. The van der Waals surface area contributed by atoms with Crippen LogP contribution < -0.4 is 5.73 Å². The van der Waals surface area contributed by atoms with Gasteiger partial charge in [0.15, 0.2) is 0 Å². The molecule has 0 saturated heterocycles. The van der Waals surface area contributed by atoms with Crippen LogP contribution in [0.25, 0.3) is 0 Å². The minimum absolute atomic E-state index is 0.0515. The molecule has 1 aromatic carbocycles. The molecule has 0 radical (unpaired) electrons. The third kappa shape index (κ3) is 3.24. The highest BCUT2D eigenvalue weighted by molar-refractivity contribution is 7.89. The van der Waals surface area contributed by atoms with Crippen molar-refractivity contribution in [2.24, 2.45) is 0 Å². The number of unbranched alkanes of at least 4 members (excludes halogenated alkanes) is 1. The molecule has 0 amide bonds. The van der Waals surface area contributed by atoms with E-state index in [0.29, 0.717) is 13.0 Å². The van der Waals surface area contributed by atoms with Gasteiger partial charge in [0.25, 0.3) is 0 Å². The average Bonchev–Trinajstić information content (AvgIpc) is 2.32. The van der Waals surface area contributed by atoms with Crippen LogP contribution in [0.5, 0.6) is 5.75 Å². The Morgan fingerprint density at radius 2 is 2.17 bits per heavy atom. The Kier molecular flexibility index (Phi) is 4.75. The molecule has 3 N–H and O–H groups in total. The number of nitrogens with two attached hydrogens (primary N) is 1. The first-order valence-corrected chi connectivity index (χ1v) is 6.99. The van der Waals surface area contributed by atoms with Gasteiger partial charge < -0.3 is 10.8 Å². The summed E-state index contributed by atoms with van der Waals surface area (Å²) >= 11 is 0. The van der Waals surface area contributed by atoms with Gasteiger partial charge in [0, 0.05) is 13.6 Å². The SMILES string of the molecule is C=CCCCN(C)S(=O)(=O)c1ccc(O)c(N)c1. The quantitative estimate of drug-likeness (QED) is 0.355. The number of sulfonamides is 1. The molecule has 0 heterocycles. The molecule has 0 aliphatic rings. The van der Waals surface area contributed by atoms with Gasteiger partial charge in [-0.05, 0) is 31.0 Å². The van der Waals surface area contributed by atoms with Crippen LogP contribution >= 0.6 is 0 Å². The molecule has 0 spiro atoms. The summed E-state index contributed by atoms with van der Waals surface area (Å²) in [5.74, 6) is -0.122. The molecular formula is C12H18N2O3S. The van der Waals surface area contributed by atoms with Gasteiger partial charge in [0.05, 0.1) is 10.6 Å². The normalized spacial score (nSPS) is 11.7. The van der Waals surface area contributed by atoms with Crippen LogP contribution in [0.1, 0.15) is 12.8 Å². The molecule has 0 bridgehead atoms. The molecule has 0 aliphatic carbocycles. The van der Waals surface area contributed by atoms with E-state index < -0.39 is 10.0 Å². The molecule has 5 nitrogen and oxygen atoms in total. The molecular weight excluding hydrogens is 252 g/mol. The summed E-state index contributed by atoms with van der Waals surface area (Å²) in [6.45, 7) is 4.00. The first-order valence-electron chi connectivity index (χ1n) is 5.55. The van der Waals surface area contributed by atoms with Gasteiger partial charge in [0.1, 0.15) is 5.75 Å². The monoisotopic (exact) mass is 270 g/mol. The second kappa shape index (κ2) is 5.88. The van der Waals surface area contributed by atoms with Crippen molar-refractivity contribution >= 4 is 15.7 Å². The molecule has 0 aliphatic heterocycles. The van der Waals surface area contributed by atoms with Crippen molar-refractivity contribution < 1.29 is 13.5 Å². The standard InChI is InChI=1S/C12H18N2O3S/c1-3-4-5-8-14(2)18(16,17)10-6-7-12(15)11(13)9-10/h3,6-7,9,15H,1,4-5,8,13H2,2H3. The third-order valence-electron chi connectivity index (χ3n) is 2.59. The van der Waals surface area contributed by atoms with E-state index in [1.54, 1.807) is 6.08 Å². The van der Waals surface area contributed by atoms with Crippen molar-refractivity contribution in [2.75, 3.05) is 19.3 Å². The number of nitrogens with zero attached hydrogens (tertiary/aromatic N) is 1. The van der Waals surface area contributed by atoms with Gasteiger partial charge in [-0.15, -0.1) is 6.58 Å². The Morgan fingerprint density at radius 3 is 2.72 bits per heavy atom. The highest BCUT2D eigenvalue weighted by Crippen LogP contribution is 2.24. The van der Waals surface area contributed by atoms with E-state index in [1.165, 1.54) is 29.6 Å². The maximum atomic E-state index is 12.2. The first kappa shape index (κ1) is 14.5. The lowest BCUT2D eigenvalue weighted by Gasteiger charge is -2.17. The summed E-state index contributed by atoms with van der Waals surface area (Å²) in [6.07, 6.45) is 3.23. The number of anilines is 1. The molecule has 100 valence electrons. The molecule has 0 atom stereocenters. The van der Waals surface area contributed by atoms with Gasteiger partial charge in [-0.2, -0.15) is 0 Å². The Balaban J connectivity index is 2.91. The second-order valence-electron chi connectivity index (χ2n) is 3.98. The van der Waals surface area contributed by atoms with Crippen molar-refractivity contribution in [2.45, 2.75) is 17.7 Å². The van der Waals surface area contributed by atoms with E-state index in [9.17, 15) is 13.5 Å². The number of hydrogen-bond donors (Lipinski definition) is 2. The molecule has 18 heavy (non-hydrogen) atoms. The average molecular weight is 270 g/mol. The predicted octanol–water partition coefficient (Wildman–Crippen LogP) is 1.56. The summed E-state index contributed by atoms with van der Waals surface area (Å²) in [6, 6.07) is 3.87. The summed E-state index contributed by atoms with van der Waals surface area (Å²) in [5, 5.41) is 9.28. The largest absolute Gasteiger partial charge is 0.506 e. The second-order valence-corrected chi connectivity index (χ2v) is 6.02. The molecule has 0 aromatic heterocycles.